The third-order valence-corrected chi connectivity index (χ3v) is 5.75. The van der Waals surface area contributed by atoms with E-state index in [1.165, 1.54) is 36.1 Å². The summed E-state index contributed by atoms with van der Waals surface area (Å²) in [7, 11) is 0. The van der Waals surface area contributed by atoms with Crippen molar-refractivity contribution in [2.24, 2.45) is 0 Å². The van der Waals surface area contributed by atoms with Gasteiger partial charge in [-0.2, -0.15) is 0 Å². The van der Waals surface area contributed by atoms with E-state index in [9.17, 15) is 9.18 Å². The molecule has 1 N–H and O–H groups in total. The SMILES string of the molecule is Cc1ccc(F)cc1NC(=O)CSc1nnc(COc2ccc3c(c2)CCCC3)o1. The van der Waals surface area contributed by atoms with Crippen LogP contribution in [0.15, 0.2) is 46.0 Å². The van der Waals surface area contributed by atoms with E-state index in [1.807, 2.05) is 6.07 Å². The normalized spacial score (nSPS) is 13.0. The second-order valence-electron chi connectivity index (χ2n) is 7.18. The fourth-order valence-corrected chi connectivity index (χ4v) is 3.92. The van der Waals surface area contributed by atoms with Gasteiger partial charge in [-0.15, -0.1) is 10.2 Å². The van der Waals surface area contributed by atoms with E-state index in [-0.39, 0.29) is 23.5 Å². The Morgan fingerprint density at radius 2 is 2.00 bits per heavy atom. The number of ether oxygens (including phenoxy) is 1. The number of carbonyl (C=O) groups is 1. The summed E-state index contributed by atoms with van der Waals surface area (Å²) in [6.07, 6.45) is 4.68. The van der Waals surface area contributed by atoms with Crippen LogP contribution in [-0.4, -0.2) is 21.9 Å². The lowest BCUT2D eigenvalue weighted by atomic mass is 9.92. The molecule has 30 heavy (non-hydrogen) atoms. The highest BCUT2D eigenvalue weighted by Gasteiger charge is 2.13. The highest BCUT2D eigenvalue weighted by atomic mass is 32.2. The van der Waals surface area contributed by atoms with Gasteiger partial charge in [0.2, 0.25) is 5.91 Å². The van der Waals surface area contributed by atoms with Gasteiger partial charge in [-0.25, -0.2) is 4.39 Å². The number of benzene rings is 2. The Labute approximate surface area is 178 Å². The van der Waals surface area contributed by atoms with E-state index < -0.39 is 5.82 Å². The number of fused-ring (bicyclic) bond motifs is 1. The summed E-state index contributed by atoms with van der Waals surface area (Å²) in [5.41, 5.74) is 3.98. The molecule has 0 spiro atoms. The van der Waals surface area contributed by atoms with Crippen LogP contribution < -0.4 is 10.1 Å². The van der Waals surface area contributed by atoms with Gasteiger partial charge >= 0.3 is 0 Å². The number of halogens is 1. The largest absolute Gasteiger partial charge is 0.484 e. The van der Waals surface area contributed by atoms with Gasteiger partial charge in [0.25, 0.3) is 11.1 Å². The van der Waals surface area contributed by atoms with Crippen molar-refractivity contribution in [1.29, 1.82) is 0 Å². The van der Waals surface area contributed by atoms with Gasteiger partial charge in [-0.05, 0) is 73.6 Å². The van der Waals surface area contributed by atoms with Gasteiger partial charge in [0.05, 0.1) is 5.75 Å². The van der Waals surface area contributed by atoms with Crippen LogP contribution in [0.1, 0.15) is 35.4 Å². The van der Waals surface area contributed by atoms with Crippen LogP contribution in [0.2, 0.25) is 0 Å². The molecule has 0 bridgehead atoms. The minimum atomic E-state index is -0.399. The lowest BCUT2D eigenvalue weighted by molar-refractivity contribution is -0.113. The van der Waals surface area contributed by atoms with Crippen LogP contribution in [0.3, 0.4) is 0 Å². The zero-order valence-electron chi connectivity index (χ0n) is 16.6. The Bertz CT molecular complexity index is 1050. The van der Waals surface area contributed by atoms with Crippen molar-refractivity contribution < 1.29 is 18.3 Å². The number of rotatable bonds is 7. The minimum Gasteiger partial charge on any atom is -0.484 e. The highest BCUT2D eigenvalue weighted by Crippen LogP contribution is 2.26. The molecule has 0 radical (unpaired) electrons. The maximum Gasteiger partial charge on any atom is 0.277 e. The quantitative estimate of drug-likeness (QED) is 0.551. The summed E-state index contributed by atoms with van der Waals surface area (Å²) in [5.74, 6) is 0.524. The fraction of sp³-hybridized carbons (Fsp3) is 0.318. The van der Waals surface area contributed by atoms with E-state index >= 15 is 0 Å². The molecule has 3 aromatic rings. The highest BCUT2D eigenvalue weighted by molar-refractivity contribution is 7.99. The topological polar surface area (TPSA) is 77.2 Å². The smallest absolute Gasteiger partial charge is 0.277 e. The molecule has 1 amide bonds. The molecule has 0 saturated heterocycles. The van der Waals surface area contributed by atoms with Gasteiger partial charge in [0.1, 0.15) is 11.6 Å². The molecular formula is C22H22FN3O3S. The molecule has 0 aliphatic heterocycles. The monoisotopic (exact) mass is 427 g/mol. The molecule has 0 saturated carbocycles. The first-order valence-electron chi connectivity index (χ1n) is 9.82. The summed E-state index contributed by atoms with van der Waals surface area (Å²) in [4.78, 5) is 12.1. The Morgan fingerprint density at radius 1 is 1.17 bits per heavy atom. The van der Waals surface area contributed by atoms with Crippen molar-refractivity contribution in [2.45, 2.75) is 44.4 Å². The molecule has 1 heterocycles. The van der Waals surface area contributed by atoms with Crippen molar-refractivity contribution in [3.8, 4) is 5.75 Å². The number of aromatic nitrogens is 2. The van der Waals surface area contributed by atoms with Crippen molar-refractivity contribution in [3.63, 3.8) is 0 Å². The average Bonchev–Trinajstić information content (AvgIpc) is 3.21. The van der Waals surface area contributed by atoms with Crippen molar-refractivity contribution in [1.82, 2.24) is 10.2 Å². The minimum absolute atomic E-state index is 0.0727. The molecule has 8 heteroatoms. The number of nitrogens with zero attached hydrogens (tertiary/aromatic N) is 2. The summed E-state index contributed by atoms with van der Waals surface area (Å²) < 4.78 is 24.6. The van der Waals surface area contributed by atoms with Crippen LogP contribution in [0.4, 0.5) is 10.1 Å². The first-order chi connectivity index (χ1) is 14.6. The van der Waals surface area contributed by atoms with Gasteiger partial charge in [-0.3, -0.25) is 4.79 Å². The molecule has 156 valence electrons. The van der Waals surface area contributed by atoms with Crippen LogP contribution >= 0.6 is 11.8 Å². The summed E-state index contributed by atoms with van der Waals surface area (Å²) in [6, 6.07) is 10.4. The Kier molecular flexibility index (Phi) is 6.32. The number of nitrogens with one attached hydrogen (secondary N) is 1. The molecule has 0 atom stereocenters. The number of hydrogen-bond donors (Lipinski definition) is 1. The van der Waals surface area contributed by atoms with Crippen molar-refractivity contribution in [3.05, 3.63) is 64.8 Å². The number of anilines is 1. The molecular weight excluding hydrogens is 405 g/mol. The van der Waals surface area contributed by atoms with Gasteiger partial charge in [-0.1, -0.05) is 23.9 Å². The summed E-state index contributed by atoms with van der Waals surface area (Å²) >= 11 is 1.12. The predicted molar refractivity (Wildman–Crippen MR) is 112 cm³/mol. The van der Waals surface area contributed by atoms with Gasteiger partial charge < -0.3 is 14.5 Å². The average molecular weight is 428 g/mol. The number of amides is 1. The molecule has 6 nitrogen and oxygen atoms in total. The first kappa shape index (κ1) is 20.4. The first-order valence-corrected chi connectivity index (χ1v) is 10.8. The number of aryl methyl sites for hydroxylation is 3. The van der Waals surface area contributed by atoms with E-state index in [0.717, 1.165) is 35.9 Å². The maximum atomic E-state index is 13.3. The van der Waals surface area contributed by atoms with E-state index in [4.69, 9.17) is 9.15 Å². The fourth-order valence-electron chi connectivity index (χ4n) is 3.34. The van der Waals surface area contributed by atoms with Crippen molar-refractivity contribution >= 4 is 23.4 Å². The Balaban J connectivity index is 1.27. The van der Waals surface area contributed by atoms with Crippen LogP contribution in [0.25, 0.3) is 0 Å². The standard InChI is InChI=1S/C22H22FN3O3S/c1-14-6-8-17(23)11-19(14)24-20(27)13-30-22-26-25-21(29-22)12-28-18-9-7-15-4-2-3-5-16(15)10-18/h6-11H,2-5,12-13H2,1H3,(H,24,27). The van der Waals surface area contributed by atoms with E-state index in [2.05, 4.69) is 27.6 Å². The van der Waals surface area contributed by atoms with Gasteiger partial charge in [0.15, 0.2) is 6.61 Å². The second kappa shape index (κ2) is 9.30. The van der Waals surface area contributed by atoms with E-state index in [1.54, 1.807) is 13.0 Å². The van der Waals surface area contributed by atoms with Crippen LogP contribution in [0, 0.1) is 12.7 Å². The third-order valence-electron chi connectivity index (χ3n) is 4.93. The van der Waals surface area contributed by atoms with Crippen LogP contribution in [0.5, 0.6) is 5.75 Å². The van der Waals surface area contributed by atoms with Crippen LogP contribution in [-0.2, 0) is 24.2 Å². The maximum absolute atomic E-state index is 13.3. The third kappa shape index (κ3) is 5.18. The molecule has 4 rings (SSSR count). The summed E-state index contributed by atoms with van der Waals surface area (Å²) in [5, 5.41) is 10.9. The number of hydrogen-bond acceptors (Lipinski definition) is 6. The van der Waals surface area contributed by atoms with E-state index in [0.29, 0.717) is 11.6 Å². The molecule has 1 aliphatic carbocycles. The van der Waals surface area contributed by atoms with Gasteiger partial charge in [0, 0.05) is 5.69 Å². The number of thioether (sulfide) groups is 1. The lowest BCUT2D eigenvalue weighted by Gasteiger charge is -2.16. The Hall–Kier alpha value is -2.87. The zero-order valence-corrected chi connectivity index (χ0v) is 17.4. The molecule has 0 unspecified atom stereocenters. The second-order valence-corrected chi connectivity index (χ2v) is 8.11. The number of carbonyl (C=O) groups excluding carboxylic acids is 1. The van der Waals surface area contributed by atoms with Crippen molar-refractivity contribution in [2.75, 3.05) is 11.1 Å². The molecule has 1 aromatic heterocycles. The molecule has 0 fully saturated rings. The zero-order chi connectivity index (χ0) is 20.9. The predicted octanol–water partition coefficient (Wildman–Crippen LogP) is 4.71. The lowest BCUT2D eigenvalue weighted by Crippen LogP contribution is -2.15. The molecule has 1 aliphatic rings. The molecule has 2 aromatic carbocycles. The Morgan fingerprint density at radius 3 is 2.87 bits per heavy atom. The summed E-state index contributed by atoms with van der Waals surface area (Å²) in [6.45, 7) is 1.97.